The van der Waals surface area contributed by atoms with E-state index < -0.39 is 0 Å². The SMILES string of the molecule is COc1cccc([C@@H](C2CCCCC2)N2CCNCC2)c1OC.Cl.Cl. The zero-order chi connectivity index (χ0) is 16.1. The van der Waals surface area contributed by atoms with E-state index in [2.05, 4.69) is 22.3 Å². The maximum atomic E-state index is 5.76. The number of rotatable bonds is 5. The molecule has 6 heteroatoms. The minimum Gasteiger partial charge on any atom is -0.493 e. The van der Waals surface area contributed by atoms with E-state index in [9.17, 15) is 0 Å². The highest BCUT2D eigenvalue weighted by atomic mass is 35.5. The summed E-state index contributed by atoms with van der Waals surface area (Å²) in [7, 11) is 3.49. The monoisotopic (exact) mass is 390 g/mol. The van der Waals surface area contributed by atoms with Gasteiger partial charge < -0.3 is 14.8 Å². The van der Waals surface area contributed by atoms with E-state index in [0.29, 0.717) is 6.04 Å². The average molecular weight is 391 g/mol. The Morgan fingerprint density at radius 1 is 1.00 bits per heavy atom. The predicted molar refractivity (Wildman–Crippen MR) is 108 cm³/mol. The standard InChI is InChI=1S/C19H30N2O2.2ClH/c1-22-17-10-6-9-16(19(17)23-2)18(15-7-4-3-5-8-15)21-13-11-20-12-14-21;;/h6,9-10,15,18,20H,3-5,7-8,11-14H2,1-2H3;2*1H/t18-;;/m1../s1. The lowest BCUT2D eigenvalue weighted by Crippen LogP contribution is -2.47. The second kappa shape index (κ2) is 11.1. The quantitative estimate of drug-likeness (QED) is 0.820. The van der Waals surface area contributed by atoms with Gasteiger partial charge in [-0.25, -0.2) is 0 Å². The largest absolute Gasteiger partial charge is 0.493 e. The summed E-state index contributed by atoms with van der Waals surface area (Å²) in [6, 6.07) is 6.79. The van der Waals surface area contributed by atoms with Crippen LogP contribution in [0.5, 0.6) is 11.5 Å². The van der Waals surface area contributed by atoms with Crippen molar-refractivity contribution in [1.29, 1.82) is 0 Å². The number of nitrogens with one attached hydrogen (secondary N) is 1. The molecule has 1 aliphatic heterocycles. The van der Waals surface area contributed by atoms with Gasteiger partial charge in [-0.05, 0) is 24.8 Å². The van der Waals surface area contributed by atoms with Crippen molar-refractivity contribution in [3.05, 3.63) is 23.8 Å². The Balaban J connectivity index is 0.00000156. The van der Waals surface area contributed by atoms with Crippen LogP contribution in [0.2, 0.25) is 0 Å². The van der Waals surface area contributed by atoms with Crippen LogP contribution in [0, 0.1) is 5.92 Å². The normalized spacial score (nSPS) is 20.1. The first kappa shape index (κ1) is 22.4. The van der Waals surface area contributed by atoms with Crippen LogP contribution in [-0.2, 0) is 0 Å². The lowest BCUT2D eigenvalue weighted by Gasteiger charge is -2.41. The van der Waals surface area contributed by atoms with E-state index in [1.54, 1.807) is 14.2 Å². The minimum absolute atomic E-state index is 0. The fourth-order valence-electron chi connectivity index (χ4n) is 4.30. The molecule has 4 nitrogen and oxygen atoms in total. The lowest BCUT2D eigenvalue weighted by molar-refractivity contribution is 0.101. The van der Waals surface area contributed by atoms with Crippen molar-refractivity contribution in [1.82, 2.24) is 10.2 Å². The van der Waals surface area contributed by atoms with Crippen molar-refractivity contribution in [2.75, 3.05) is 40.4 Å². The van der Waals surface area contributed by atoms with Crippen LogP contribution in [0.25, 0.3) is 0 Å². The smallest absolute Gasteiger partial charge is 0.165 e. The van der Waals surface area contributed by atoms with Gasteiger partial charge in [-0.15, -0.1) is 24.8 Å². The molecule has 0 amide bonds. The number of para-hydroxylation sites is 1. The topological polar surface area (TPSA) is 33.7 Å². The molecule has 0 aromatic heterocycles. The Bertz CT molecular complexity index is 486. The van der Waals surface area contributed by atoms with E-state index in [4.69, 9.17) is 9.47 Å². The Morgan fingerprint density at radius 2 is 1.68 bits per heavy atom. The molecule has 3 rings (SSSR count). The van der Waals surface area contributed by atoms with Gasteiger partial charge in [0.1, 0.15) is 0 Å². The summed E-state index contributed by atoms with van der Waals surface area (Å²) in [5.41, 5.74) is 1.31. The van der Waals surface area contributed by atoms with Crippen LogP contribution in [0.4, 0.5) is 0 Å². The van der Waals surface area contributed by atoms with Gasteiger partial charge in [-0.1, -0.05) is 31.4 Å². The number of halogens is 2. The Kier molecular flexibility index (Phi) is 9.95. The highest BCUT2D eigenvalue weighted by molar-refractivity contribution is 5.85. The van der Waals surface area contributed by atoms with E-state index in [0.717, 1.165) is 43.6 Å². The van der Waals surface area contributed by atoms with Crippen molar-refractivity contribution >= 4 is 24.8 Å². The first-order valence-corrected chi connectivity index (χ1v) is 9.01. The van der Waals surface area contributed by atoms with Gasteiger partial charge in [0.25, 0.3) is 0 Å². The van der Waals surface area contributed by atoms with Crippen LogP contribution in [0.3, 0.4) is 0 Å². The van der Waals surface area contributed by atoms with Crippen LogP contribution >= 0.6 is 24.8 Å². The molecular formula is C19H32Cl2N2O2. The molecule has 1 aromatic rings. The van der Waals surface area contributed by atoms with Gasteiger partial charge in [-0.3, -0.25) is 4.90 Å². The number of benzene rings is 1. The van der Waals surface area contributed by atoms with Gasteiger partial charge in [0.2, 0.25) is 0 Å². The molecule has 1 aromatic carbocycles. The van der Waals surface area contributed by atoms with Crippen molar-refractivity contribution < 1.29 is 9.47 Å². The molecule has 0 unspecified atom stereocenters. The highest BCUT2D eigenvalue weighted by Crippen LogP contribution is 2.44. The van der Waals surface area contributed by atoms with Crippen molar-refractivity contribution in [3.8, 4) is 11.5 Å². The summed E-state index contributed by atoms with van der Waals surface area (Å²) in [5.74, 6) is 2.49. The summed E-state index contributed by atoms with van der Waals surface area (Å²) in [5, 5.41) is 3.48. The highest BCUT2D eigenvalue weighted by Gasteiger charge is 2.33. The first-order valence-electron chi connectivity index (χ1n) is 9.01. The molecule has 2 aliphatic rings. The zero-order valence-corrected chi connectivity index (χ0v) is 17.0. The molecule has 2 fully saturated rings. The summed E-state index contributed by atoms with van der Waals surface area (Å²) in [6.07, 6.45) is 6.77. The molecule has 1 aliphatic carbocycles. The van der Waals surface area contributed by atoms with E-state index >= 15 is 0 Å². The summed E-state index contributed by atoms with van der Waals surface area (Å²) >= 11 is 0. The Hall–Kier alpha value is -0.680. The predicted octanol–water partition coefficient (Wildman–Crippen LogP) is 4.07. The second-order valence-electron chi connectivity index (χ2n) is 6.71. The number of hydrogen-bond acceptors (Lipinski definition) is 4. The maximum Gasteiger partial charge on any atom is 0.165 e. The average Bonchev–Trinajstić information content (AvgIpc) is 2.63. The molecule has 1 saturated carbocycles. The third-order valence-corrected chi connectivity index (χ3v) is 5.39. The fraction of sp³-hybridized carbons (Fsp3) is 0.684. The summed E-state index contributed by atoms with van der Waals surface area (Å²) in [6.45, 7) is 4.38. The van der Waals surface area contributed by atoms with E-state index in [-0.39, 0.29) is 24.8 Å². The van der Waals surface area contributed by atoms with Gasteiger partial charge >= 0.3 is 0 Å². The van der Waals surface area contributed by atoms with Crippen molar-refractivity contribution in [2.45, 2.75) is 38.1 Å². The van der Waals surface area contributed by atoms with Gasteiger partial charge in [0, 0.05) is 37.8 Å². The van der Waals surface area contributed by atoms with Gasteiger partial charge in [-0.2, -0.15) is 0 Å². The number of piperazine rings is 1. The van der Waals surface area contributed by atoms with Crippen LogP contribution in [-0.4, -0.2) is 45.3 Å². The van der Waals surface area contributed by atoms with Crippen LogP contribution < -0.4 is 14.8 Å². The first-order chi connectivity index (χ1) is 11.3. The third kappa shape index (κ3) is 5.16. The molecular weight excluding hydrogens is 359 g/mol. The summed E-state index contributed by atoms with van der Waals surface area (Å²) in [4.78, 5) is 2.66. The molecule has 144 valence electrons. The van der Waals surface area contributed by atoms with Crippen LogP contribution in [0.15, 0.2) is 18.2 Å². The van der Waals surface area contributed by atoms with Gasteiger partial charge in [0.05, 0.1) is 14.2 Å². The number of nitrogens with zero attached hydrogens (tertiary/aromatic N) is 1. The van der Waals surface area contributed by atoms with Crippen molar-refractivity contribution in [2.24, 2.45) is 5.92 Å². The van der Waals surface area contributed by atoms with E-state index in [1.165, 1.54) is 37.7 Å². The third-order valence-electron chi connectivity index (χ3n) is 5.39. The van der Waals surface area contributed by atoms with Crippen LogP contribution in [0.1, 0.15) is 43.7 Å². The molecule has 1 N–H and O–H groups in total. The zero-order valence-electron chi connectivity index (χ0n) is 15.3. The van der Waals surface area contributed by atoms with Gasteiger partial charge in [0.15, 0.2) is 11.5 Å². The number of ether oxygens (including phenoxy) is 2. The fourth-order valence-corrected chi connectivity index (χ4v) is 4.30. The molecule has 0 spiro atoms. The minimum atomic E-state index is 0. The maximum absolute atomic E-state index is 5.76. The molecule has 0 bridgehead atoms. The second-order valence-corrected chi connectivity index (χ2v) is 6.71. The van der Waals surface area contributed by atoms with Crippen molar-refractivity contribution in [3.63, 3.8) is 0 Å². The molecule has 1 heterocycles. The number of methoxy groups -OCH3 is 2. The Labute approximate surface area is 164 Å². The molecule has 1 saturated heterocycles. The Morgan fingerprint density at radius 3 is 2.28 bits per heavy atom. The molecule has 0 radical (unpaired) electrons. The number of hydrogen-bond donors (Lipinski definition) is 1. The summed E-state index contributed by atoms with van der Waals surface area (Å²) < 4.78 is 11.3. The van der Waals surface area contributed by atoms with E-state index in [1.807, 2.05) is 6.07 Å². The molecule has 25 heavy (non-hydrogen) atoms. The molecule has 1 atom stereocenters. The lowest BCUT2D eigenvalue weighted by atomic mass is 9.79.